The summed E-state index contributed by atoms with van der Waals surface area (Å²) in [6.45, 7) is 4.09. The fourth-order valence-corrected chi connectivity index (χ4v) is 1.39. The number of carboxylic acid groups (broad SMARTS) is 1. The minimum Gasteiger partial charge on any atom is -0.508 e. The molecule has 0 amide bonds. The minimum absolute atomic E-state index is 0.0502. The Bertz CT molecular complexity index is 356. The lowest BCUT2D eigenvalue weighted by atomic mass is 9.99. The molecule has 82 valence electrons. The molecule has 0 aromatic heterocycles. The summed E-state index contributed by atoms with van der Waals surface area (Å²) in [6.07, 6.45) is 0.425. The van der Waals surface area contributed by atoms with Crippen LogP contribution in [0.2, 0.25) is 0 Å². The molecular formula is C12H16O3. The Balaban J connectivity index is 2.79. The van der Waals surface area contributed by atoms with Gasteiger partial charge in [0, 0.05) is 6.42 Å². The Kier molecular flexibility index (Phi) is 3.72. The monoisotopic (exact) mass is 208 g/mol. The third-order valence-corrected chi connectivity index (χ3v) is 2.38. The lowest BCUT2D eigenvalue weighted by Crippen LogP contribution is -1.98. The third kappa shape index (κ3) is 3.27. The molecule has 0 bridgehead atoms. The molecule has 2 N–H and O–H groups in total. The number of benzene rings is 1. The van der Waals surface area contributed by atoms with Crippen LogP contribution in [0.4, 0.5) is 0 Å². The topological polar surface area (TPSA) is 57.5 Å². The number of phenolic OH excluding ortho intramolecular Hbond substituents is 1. The standard InChI is InChI=1S/C12H16O3/c1-8(2)10-4-3-9(11(13)7-10)5-6-12(14)15/h3-4,7-8,13H,5-6H2,1-2H3,(H,14,15). The molecule has 1 rings (SSSR count). The summed E-state index contributed by atoms with van der Waals surface area (Å²) in [7, 11) is 0. The number of hydrogen-bond donors (Lipinski definition) is 2. The third-order valence-electron chi connectivity index (χ3n) is 2.38. The van der Waals surface area contributed by atoms with Crippen molar-refractivity contribution in [1.82, 2.24) is 0 Å². The molecule has 0 aliphatic carbocycles. The van der Waals surface area contributed by atoms with Crippen molar-refractivity contribution in [3.05, 3.63) is 29.3 Å². The molecule has 0 heterocycles. The van der Waals surface area contributed by atoms with Gasteiger partial charge in [0.25, 0.3) is 0 Å². The average Bonchev–Trinajstić information content (AvgIpc) is 2.15. The van der Waals surface area contributed by atoms with Crippen LogP contribution in [0.5, 0.6) is 5.75 Å². The molecule has 0 unspecified atom stereocenters. The number of carbonyl (C=O) groups is 1. The number of aryl methyl sites for hydroxylation is 1. The number of hydrogen-bond acceptors (Lipinski definition) is 2. The van der Waals surface area contributed by atoms with Crippen molar-refractivity contribution in [1.29, 1.82) is 0 Å². The number of aromatic hydroxyl groups is 1. The van der Waals surface area contributed by atoms with E-state index in [9.17, 15) is 9.90 Å². The summed E-state index contributed by atoms with van der Waals surface area (Å²) in [5.41, 5.74) is 1.76. The van der Waals surface area contributed by atoms with Crippen LogP contribution in [0.3, 0.4) is 0 Å². The molecule has 0 spiro atoms. The van der Waals surface area contributed by atoms with Crippen LogP contribution in [-0.4, -0.2) is 16.2 Å². The van der Waals surface area contributed by atoms with Crippen molar-refractivity contribution in [2.45, 2.75) is 32.6 Å². The molecule has 15 heavy (non-hydrogen) atoms. The van der Waals surface area contributed by atoms with Crippen molar-refractivity contribution in [3.8, 4) is 5.75 Å². The van der Waals surface area contributed by atoms with Crippen LogP contribution in [-0.2, 0) is 11.2 Å². The van der Waals surface area contributed by atoms with Gasteiger partial charge >= 0.3 is 5.97 Å². The predicted molar refractivity (Wildman–Crippen MR) is 58.2 cm³/mol. The molecular weight excluding hydrogens is 192 g/mol. The SMILES string of the molecule is CC(C)c1ccc(CCC(=O)O)c(O)c1. The smallest absolute Gasteiger partial charge is 0.303 e. The quantitative estimate of drug-likeness (QED) is 0.799. The van der Waals surface area contributed by atoms with Crippen molar-refractivity contribution in [2.24, 2.45) is 0 Å². The first kappa shape index (κ1) is 11.6. The molecule has 0 atom stereocenters. The number of rotatable bonds is 4. The Hall–Kier alpha value is -1.51. The second kappa shape index (κ2) is 4.82. The van der Waals surface area contributed by atoms with Crippen molar-refractivity contribution >= 4 is 5.97 Å². The zero-order chi connectivity index (χ0) is 11.4. The van der Waals surface area contributed by atoms with Crippen LogP contribution in [0, 0.1) is 0 Å². The van der Waals surface area contributed by atoms with Crippen molar-refractivity contribution in [2.75, 3.05) is 0 Å². The molecule has 1 aromatic rings. The summed E-state index contributed by atoms with van der Waals surface area (Å²) in [5, 5.41) is 18.2. The largest absolute Gasteiger partial charge is 0.508 e. The Labute approximate surface area is 89.4 Å². The normalized spacial score (nSPS) is 10.6. The van der Waals surface area contributed by atoms with Gasteiger partial charge in [0.05, 0.1) is 0 Å². The maximum atomic E-state index is 10.4. The fourth-order valence-electron chi connectivity index (χ4n) is 1.39. The predicted octanol–water partition coefficient (Wildman–Crippen LogP) is 2.53. The van der Waals surface area contributed by atoms with E-state index in [0.29, 0.717) is 17.9 Å². The minimum atomic E-state index is -0.845. The first-order valence-corrected chi connectivity index (χ1v) is 5.04. The zero-order valence-electron chi connectivity index (χ0n) is 9.03. The van der Waals surface area contributed by atoms with Gasteiger partial charge in [-0.25, -0.2) is 0 Å². The molecule has 3 heteroatoms. The number of carboxylic acids is 1. The van der Waals surface area contributed by atoms with Crippen molar-refractivity contribution in [3.63, 3.8) is 0 Å². The summed E-state index contributed by atoms with van der Waals surface area (Å²) < 4.78 is 0. The highest BCUT2D eigenvalue weighted by molar-refractivity contribution is 5.67. The summed E-state index contributed by atoms with van der Waals surface area (Å²) in [6, 6.07) is 5.44. The van der Waals surface area contributed by atoms with E-state index in [4.69, 9.17) is 5.11 Å². The van der Waals surface area contributed by atoms with Crippen LogP contribution in [0.15, 0.2) is 18.2 Å². The Morgan fingerprint density at radius 2 is 2.07 bits per heavy atom. The molecule has 1 aromatic carbocycles. The first-order valence-electron chi connectivity index (χ1n) is 5.04. The van der Waals surface area contributed by atoms with E-state index in [1.165, 1.54) is 0 Å². The molecule has 3 nitrogen and oxygen atoms in total. The van der Waals surface area contributed by atoms with Gasteiger partial charge in [-0.2, -0.15) is 0 Å². The first-order chi connectivity index (χ1) is 7.00. The highest BCUT2D eigenvalue weighted by Gasteiger charge is 2.06. The van der Waals surface area contributed by atoms with E-state index in [-0.39, 0.29) is 12.2 Å². The lowest BCUT2D eigenvalue weighted by Gasteiger charge is -2.08. The van der Waals surface area contributed by atoms with Gasteiger partial charge in [-0.05, 0) is 29.5 Å². The van der Waals surface area contributed by atoms with Gasteiger partial charge in [0.15, 0.2) is 0 Å². The second-order valence-corrected chi connectivity index (χ2v) is 3.94. The molecule has 0 aliphatic rings. The van der Waals surface area contributed by atoms with Gasteiger partial charge in [0.2, 0.25) is 0 Å². The maximum absolute atomic E-state index is 10.4. The van der Waals surface area contributed by atoms with Gasteiger partial charge in [-0.15, -0.1) is 0 Å². The maximum Gasteiger partial charge on any atom is 0.303 e. The van der Waals surface area contributed by atoms with E-state index in [2.05, 4.69) is 0 Å². The van der Waals surface area contributed by atoms with E-state index in [1.807, 2.05) is 19.9 Å². The summed E-state index contributed by atoms with van der Waals surface area (Å²) >= 11 is 0. The van der Waals surface area contributed by atoms with Crippen molar-refractivity contribution < 1.29 is 15.0 Å². The Morgan fingerprint density at radius 3 is 2.53 bits per heavy atom. The van der Waals surface area contributed by atoms with Gasteiger partial charge in [0.1, 0.15) is 5.75 Å². The van der Waals surface area contributed by atoms with E-state index in [0.717, 1.165) is 5.56 Å². The molecule has 0 saturated carbocycles. The Morgan fingerprint density at radius 1 is 1.40 bits per heavy atom. The number of aliphatic carboxylic acids is 1. The van der Waals surface area contributed by atoms with E-state index < -0.39 is 5.97 Å². The number of phenols is 1. The lowest BCUT2D eigenvalue weighted by molar-refractivity contribution is -0.136. The van der Waals surface area contributed by atoms with E-state index in [1.54, 1.807) is 12.1 Å². The van der Waals surface area contributed by atoms with Gasteiger partial charge in [-0.3, -0.25) is 4.79 Å². The summed E-state index contributed by atoms with van der Waals surface area (Å²) in [4.78, 5) is 10.4. The van der Waals surface area contributed by atoms with E-state index >= 15 is 0 Å². The molecule has 0 radical (unpaired) electrons. The molecule has 0 saturated heterocycles. The van der Waals surface area contributed by atoms with Crippen LogP contribution < -0.4 is 0 Å². The highest BCUT2D eigenvalue weighted by Crippen LogP contribution is 2.24. The van der Waals surface area contributed by atoms with Gasteiger partial charge < -0.3 is 10.2 Å². The molecule has 0 aliphatic heterocycles. The van der Waals surface area contributed by atoms with Crippen LogP contribution >= 0.6 is 0 Å². The second-order valence-electron chi connectivity index (χ2n) is 3.94. The fraction of sp³-hybridized carbons (Fsp3) is 0.417. The average molecular weight is 208 g/mol. The summed E-state index contributed by atoms with van der Waals surface area (Å²) in [5.74, 6) is -0.283. The zero-order valence-corrected chi connectivity index (χ0v) is 9.03. The van der Waals surface area contributed by atoms with Crippen LogP contribution in [0.25, 0.3) is 0 Å². The van der Waals surface area contributed by atoms with Crippen LogP contribution in [0.1, 0.15) is 37.3 Å². The highest BCUT2D eigenvalue weighted by atomic mass is 16.4. The van der Waals surface area contributed by atoms with Gasteiger partial charge in [-0.1, -0.05) is 26.0 Å². The molecule has 0 fully saturated rings.